The van der Waals surface area contributed by atoms with Crippen molar-refractivity contribution < 1.29 is 19.1 Å². The summed E-state index contributed by atoms with van der Waals surface area (Å²) in [4.78, 5) is 37.5. The van der Waals surface area contributed by atoms with Crippen LogP contribution in [-0.2, 0) is 14.4 Å². The predicted molar refractivity (Wildman–Crippen MR) is 116 cm³/mol. The smallest absolute Gasteiger partial charge is 0.276 e. The van der Waals surface area contributed by atoms with Gasteiger partial charge in [-0.3, -0.25) is 25.2 Å². The maximum absolute atomic E-state index is 13.1. The first-order chi connectivity index (χ1) is 14.7. The highest BCUT2D eigenvalue weighted by Crippen LogP contribution is 2.60. The Morgan fingerprint density at radius 2 is 1.52 bits per heavy atom. The van der Waals surface area contributed by atoms with Crippen LogP contribution in [0.15, 0.2) is 18.2 Å². The van der Waals surface area contributed by atoms with Crippen LogP contribution in [0.25, 0.3) is 0 Å². The predicted octanol–water partition coefficient (Wildman–Crippen LogP) is 2.55. The molecular formula is C24H33N3O4. The molecule has 0 heterocycles. The highest BCUT2D eigenvalue weighted by molar-refractivity contribution is 5.91. The molecule has 0 saturated heterocycles. The normalized spacial score (nSPS) is 29.2. The molecule has 4 fully saturated rings. The maximum atomic E-state index is 13.1. The van der Waals surface area contributed by atoms with E-state index in [4.69, 9.17) is 4.74 Å². The summed E-state index contributed by atoms with van der Waals surface area (Å²) in [5, 5.41) is 2.90. The molecule has 4 aliphatic rings. The van der Waals surface area contributed by atoms with Crippen LogP contribution < -0.4 is 20.9 Å². The van der Waals surface area contributed by atoms with Crippen molar-refractivity contribution in [3.63, 3.8) is 0 Å². The standard InChI is InChI=1S/C24H33N3O4/c1-14-4-15(2)6-20(5-14)31-13-21(28)26-27-22(29)16(3)25-23(30)24-10-17-7-18(11-24)9-19(8-17)12-24/h4-6,16-19H,7-13H2,1-3H3,(H,25,30)(H,26,28)(H,27,29)/t16-,17?,18?,19?,24?/m0/s1. The lowest BCUT2D eigenvalue weighted by molar-refractivity contribution is -0.148. The van der Waals surface area contributed by atoms with E-state index in [0.29, 0.717) is 23.5 Å². The van der Waals surface area contributed by atoms with E-state index >= 15 is 0 Å². The van der Waals surface area contributed by atoms with E-state index in [9.17, 15) is 14.4 Å². The summed E-state index contributed by atoms with van der Waals surface area (Å²) in [7, 11) is 0. The van der Waals surface area contributed by atoms with Gasteiger partial charge in [0.2, 0.25) is 5.91 Å². The van der Waals surface area contributed by atoms with Gasteiger partial charge in [0.15, 0.2) is 6.61 Å². The Labute approximate surface area is 183 Å². The van der Waals surface area contributed by atoms with Gasteiger partial charge in [-0.25, -0.2) is 0 Å². The molecule has 3 N–H and O–H groups in total. The fourth-order valence-electron chi connectivity index (χ4n) is 6.24. The molecule has 0 aromatic heterocycles. The van der Waals surface area contributed by atoms with Crippen LogP contribution in [0.2, 0.25) is 0 Å². The van der Waals surface area contributed by atoms with E-state index in [2.05, 4.69) is 16.2 Å². The largest absolute Gasteiger partial charge is 0.484 e. The number of hydrogen-bond acceptors (Lipinski definition) is 4. The van der Waals surface area contributed by atoms with E-state index < -0.39 is 17.9 Å². The van der Waals surface area contributed by atoms with Crippen LogP contribution in [0.4, 0.5) is 0 Å². The molecule has 5 rings (SSSR count). The third-order valence-corrected chi connectivity index (χ3v) is 7.15. The Kier molecular flexibility index (Phi) is 5.95. The summed E-state index contributed by atoms with van der Waals surface area (Å²) in [5.74, 6) is 1.69. The Bertz CT molecular complexity index is 826. The summed E-state index contributed by atoms with van der Waals surface area (Å²) in [5.41, 5.74) is 6.54. The van der Waals surface area contributed by atoms with Gasteiger partial charge in [-0.2, -0.15) is 0 Å². The molecule has 4 saturated carbocycles. The molecule has 0 spiro atoms. The van der Waals surface area contributed by atoms with Crippen molar-refractivity contribution in [2.75, 3.05) is 6.61 Å². The van der Waals surface area contributed by atoms with Gasteiger partial charge < -0.3 is 10.1 Å². The monoisotopic (exact) mass is 427 g/mol. The van der Waals surface area contributed by atoms with Gasteiger partial charge in [-0.15, -0.1) is 0 Å². The Morgan fingerprint density at radius 1 is 0.968 bits per heavy atom. The minimum atomic E-state index is -0.721. The molecule has 0 unspecified atom stereocenters. The molecule has 1 aromatic rings. The van der Waals surface area contributed by atoms with Crippen LogP contribution in [0.3, 0.4) is 0 Å². The lowest BCUT2D eigenvalue weighted by Gasteiger charge is -2.55. The zero-order valence-electron chi connectivity index (χ0n) is 18.6. The molecule has 0 radical (unpaired) electrons. The molecule has 168 valence electrons. The SMILES string of the molecule is Cc1cc(C)cc(OCC(=O)NNC(=O)[C@H](C)NC(=O)C23CC4CC(CC(C4)C2)C3)c1. The number of hydrogen-bond donors (Lipinski definition) is 3. The number of benzene rings is 1. The molecule has 7 heteroatoms. The molecule has 4 bridgehead atoms. The van der Waals surface area contributed by atoms with Crippen LogP contribution in [-0.4, -0.2) is 30.4 Å². The lowest BCUT2D eigenvalue weighted by Crippen LogP contribution is -2.58. The summed E-state index contributed by atoms with van der Waals surface area (Å²) in [6.45, 7) is 5.35. The summed E-state index contributed by atoms with van der Waals surface area (Å²) >= 11 is 0. The molecular weight excluding hydrogens is 394 g/mol. The fourth-order valence-corrected chi connectivity index (χ4v) is 6.24. The van der Waals surface area contributed by atoms with E-state index in [1.807, 2.05) is 32.0 Å². The van der Waals surface area contributed by atoms with Gasteiger partial charge in [0.1, 0.15) is 11.8 Å². The van der Waals surface area contributed by atoms with E-state index in [1.54, 1.807) is 6.92 Å². The third-order valence-electron chi connectivity index (χ3n) is 7.15. The number of rotatable bonds is 6. The van der Waals surface area contributed by atoms with Gasteiger partial charge in [0.05, 0.1) is 0 Å². The molecule has 3 amide bonds. The highest BCUT2D eigenvalue weighted by atomic mass is 16.5. The van der Waals surface area contributed by atoms with E-state index in [-0.39, 0.29) is 17.9 Å². The average molecular weight is 428 g/mol. The summed E-state index contributed by atoms with van der Waals surface area (Å²) < 4.78 is 5.49. The minimum absolute atomic E-state index is 0.00118. The first-order valence-electron chi connectivity index (χ1n) is 11.3. The summed E-state index contributed by atoms with van der Waals surface area (Å²) in [6.07, 6.45) is 6.64. The molecule has 4 aliphatic carbocycles. The number of hydrazine groups is 1. The zero-order valence-corrected chi connectivity index (χ0v) is 18.6. The molecule has 1 atom stereocenters. The van der Waals surface area contributed by atoms with Crippen LogP contribution in [0.5, 0.6) is 5.75 Å². The van der Waals surface area contributed by atoms with Gasteiger partial charge in [-0.05, 0) is 100 Å². The number of carbonyl (C=O) groups is 3. The van der Waals surface area contributed by atoms with Crippen LogP contribution in [0.1, 0.15) is 56.6 Å². The minimum Gasteiger partial charge on any atom is -0.484 e. The number of ether oxygens (including phenoxy) is 1. The average Bonchev–Trinajstić information content (AvgIpc) is 2.68. The van der Waals surface area contributed by atoms with Gasteiger partial charge in [-0.1, -0.05) is 6.07 Å². The van der Waals surface area contributed by atoms with E-state index in [1.165, 1.54) is 19.3 Å². The fraction of sp³-hybridized carbons (Fsp3) is 0.625. The highest BCUT2D eigenvalue weighted by Gasteiger charge is 2.54. The quantitative estimate of drug-likeness (QED) is 0.608. The molecule has 1 aromatic carbocycles. The molecule has 7 nitrogen and oxygen atoms in total. The van der Waals surface area contributed by atoms with Crippen molar-refractivity contribution in [1.82, 2.24) is 16.2 Å². The number of aryl methyl sites for hydroxylation is 2. The number of carbonyl (C=O) groups excluding carboxylic acids is 3. The second kappa shape index (κ2) is 8.52. The Hall–Kier alpha value is -2.57. The van der Waals surface area contributed by atoms with Gasteiger partial charge in [0, 0.05) is 5.41 Å². The van der Waals surface area contributed by atoms with Crippen molar-refractivity contribution in [2.45, 2.75) is 65.3 Å². The van der Waals surface area contributed by atoms with E-state index in [0.717, 1.165) is 30.4 Å². The second-order valence-electron chi connectivity index (χ2n) is 10.0. The number of nitrogens with one attached hydrogen (secondary N) is 3. The van der Waals surface area contributed by atoms with Crippen LogP contribution >= 0.6 is 0 Å². The first kappa shape index (κ1) is 21.7. The third kappa shape index (κ3) is 4.86. The van der Waals surface area contributed by atoms with Crippen molar-refractivity contribution in [2.24, 2.45) is 23.2 Å². The van der Waals surface area contributed by atoms with Crippen molar-refractivity contribution >= 4 is 17.7 Å². The van der Waals surface area contributed by atoms with Gasteiger partial charge >= 0.3 is 0 Å². The van der Waals surface area contributed by atoms with Crippen molar-refractivity contribution in [1.29, 1.82) is 0 Å². The topological polar surface area (TPSA) is 96.5 Å². The second-order valence-corrected chi connectivity index (χ2v) is 10.0. The lowest BCUT2D eigenvalue weighted by atomic mass is 9.49. The molecule has 31 heavy (non-hydrogen) atoms. The Balaban J connectivity index is 1.22. The number of amides is 3. The molecule has 0 aliphatic heterocycles. The van der Waals surface area contributed by atoms with Gasteiger partial charge in [0.25, 0.3) is 11.8 Å². The maximum Gasteiger partial charge on any atom is 0.276 e. The van der Waals surface area contributed by atoms with Crippen molar-refractivity contribution in [3.8, 4) is 5.75 Å². The van der Waals surface area contributed by atoms with Crippen molar-refractivity contribution in [3.05, 3.63) is 29.3 Å². The first-order valence-corrected chi connectivity index (χ1v) is 11.3. The Morgan fingerprint density at radius 3 is 2.06 bits per heavy atom. The van der Waals surface area contributed by atoms with Crippen LogP contribution in [0, 0.1) is 37.0 Å². The summed E-state index contributed by atoms with van der Waals surface area (Å²) in [6, 6.07) is 5.00. The zero-order chi connectivity index (χ0) is 22.2.